The van der Waals surface area contributed by atoms with Crippen LogP contribution in [0.3, 0.4) is 0 Å². The van der Waals surface area contributed by atoms with Gasteiger partial charge in [-0.2, -0.15) is 0 Å². The number of aliphatic hydroxyl groups excluding tert-OH is 1. The number of sulfonamides is 1. The Morgan fingerprint density at radius 1 is 1.12 bits per heavy atom. The predicted octanol–water partition coefficient (Wildman–Crippen LogP) is 2.93. The van der Waals surface area contributed by atoms with Crippen LogP contribution in [0.1, 0.15) is 65.9 Å². The number of hydrogen-bond donors (Lipinski definition) is 3. The number of ether oxygens (including phenoxy) is 4. The zero-order valence-electron chi connectivity index (χ0n) is 30.5. The quantitative estimate of drug-likeness (QED) is 0.112. The average Bonchev–Trinajstić information content (AvgIpc) is 3.84. The molecule has 9 atom stereocenters. The van der Waals surface area contributed by atoms with Crippen LogP contribution in [0.2, 0.25) is 0 Å². The van der Waals surface area contributed by atoms with Crippen LogP contribution in [-0.2, 0) is 49.9 Å². The molecule has 3 aliphatic heterocycles. The van der Waals surface area contributed by atoms with Crippen molar-refractivity contribution in [2.75, 3.05) is 20.7 Å². The summed E-state index contributed by atoms with van der Waals surface area (Å²) in [6.07, 6.45) is 7.90. The number of amides is 2. The first kappa shape index (κ1) is 40.4. The van der Waals surface area contributed by atoms with Crippen LogP contribution in [0.5, 0.6) is 0 Å². The Morgan fingerprint density at radius 3 is 2.43 bits per heavy atom. The standard InChI is InChI=1S/C37H53N3O10S/c1-23(8-15-32-24(2)18-31(26(4)49-32)39-34(42)17-10-25(3)48-27(5)41)9-16-33-36(44)37(22-47-37)20-29(50-33)19-35(43)38-21-28-11-13-30(14-12-28)51(45,46)40(6)7/h8-14,16-17,24-26,29,31-33,36,44H,15,18-22H2,1-7H3,(H,38,43)(H,39,42)/b16-9+,17-10-,23-8+/t24-,25-,26+,29+,31+,32-,33+,36+,37?/m0/s1. The van der Waals surface area contributed by atoms with Crippen LogP contribution in [0.4, 0.5) is 0 Å². The maximum Gasteiger partial charge on any atom is 0.303 e. The fraction of sp³-hybridized carbons (Fsp3) is 0.595. The van der Waals surface area contributed by atoms with Gasteiger partial charge in [-0.3, -0.25) is 14.4 Å². The van der Waals surface area contributed by atoms with E-state index in [1.165, 1.54) is 39.2 Å². The first-order valence-electron chi connectivity index (χ1n) is 17.4. The molecule has 282 valence electrons. The van der Waals surface area contributed by atoms with Gasteiger partial charge >= 0.3 is 5.97 Å². The van der Waals surface area contributed by atoms with Crippen molar-refractivity contribution in [2.45, 2.75) is 120 Å². The van der Waals surface area contributed by atoms with Crippen LogP contribution in [0.15, 0.2) is 65.1 Å². The smallest absolute Gasteiger partial charge is 0.303 e. The van der Waals surface area contributed by atoms with E-state index < -0.39 is 46.0 Å². The number of esters is 1. The van der Waals surface area contributed by atoms with E-state index in [9.17, 15) is 27.9 Å². The average molecular weight is 732 g/mol. The number of carbonyl (C=O) groups is 3. The summed E-state index contributed by atoms with van der Waals surface area (Å²) in [5, 5.41) is 16.9. The summed E-state index contributed by atoms with van der Waals surface area (Å²) in [7, 11) is -0.589. The lowest BCUT2D eigenvalue weighted by molar-refractivity contribution is -0.145. The molecule has 14 heteroatoms. The molecule has 0 aliphatic carbocycles. The summed E-state index contributed by atoms with van der Waals surface area (Å²) in [5.74, 6) is -0.714. The fourth-order valence-corrected chi connectivity index (χ4v) is 7.26. The summed E-state index contributed by atoms with van der Waals surface area (Å²) in [4.78, 5) is 36.6. The first-order chi connectivity index (χ1) is 24.0. The molecule has 0 saturated carbocycles. The normalized spacial score (nSPS) is 30.5. The van der Waals surface area contributed by atoms with Crippen molar-refractivity contribution < 1.29 is 46.9 Å². The third kappa shape index (κ3) is 11.3. The van der Waals surface area contributed by atoms with Crippen molar-refractivity contribution in [1.82, 2.24) is 14.9 Å². The van der Waals surface area contributed by atoms with E-state index in [0.29, 0.717) is 19.4 Å². The Kier molecular flexibility index (Phi) is 13.8. The number of hydrogen-bond acceptors (Lipinski definition) is 10. The molecule has 3 heterocycles. The van der Waals surface area contributed by atoms with E-state index in [1.54, 1.807) is 25.1 Å². The number of rotatable bonds is 14. The zero-order valence-corrected chi connectivity index (χ0v) is 31.4. The molecule has 2 amide bonds. The minimum Gasteiger partial charge on any atom is -0.459 e. The second-order valence-electron chi connectivity index (χ2n) is 14.1. The molecule has 1 aromatic rings. The van der Waals surface area contributed by atoms with Crippen LogP contribution in [0.25, 0.3) is 0 Å². The summed E-state index contributed by atoms with van der Waals surface area (Å²) in [6.45, 7) is 9.65. The molecule has 3 aliphatic rings. The number of carbonyl (C=O) groups excluding carboxylic acids is 3. The largest absolute Gasteiger partial charge is 0.459 e. The van der Waals surface area contributed by atoms with Gasteiger partial charge in [0.15, 0.2) is 0 Å². The van der Waals surface area contributed by atoms with Crippen molar-refractivity contribution in [2.24, 2.45) is 5.92 Å². The van der Waals surface area contributed by atoms with E-state index in [2.05, 4.69) is 23.6 Å². The van der Waals surface area contributed by atoms with Gasteiger partial charge in [0.25, 0.3) is 0 Å². The Morgan fingerprint density at radius 2 is 1.80 bits per heavy atom. The van der Waals surface area contributed by atoms with Gasteiger partial charge < -0.3 is 34.7 Å². The Balaban J connectivity index is 1.25. The molecule has 1 unspecified atom stereocenters. The summed E-state index contributed by atoms with van der Waals surface area (Å²) < 4.78 is 48.9. The van der Waals surface area contributed by atoms with Crippen molar-refractivity contribution in [3.63, 3.8) is 0 Å². The van der Waals surface area contributed by atoms with E-state index in [4.69, 9.17) is 18.9 Å². The molecule has 13 nitrogen and oxygen atoms in total. The number of epoxide rings is 1. The van der Waals surface area contributed by atoms with Crippen molar-refractivity contribution in [1.29, 1.82) is 0 Å². The predicted molar refractivity (Wildman–Crippen MR) is 190 cm³/mol. The maximum atomic E-state index is 12.9. The van der Waals surface area contributed by atoms with Crippen LogP contribution < -0.4 is 10.6 Å². The van der Waals surface area contributed by atoms with Gasteiger partial charge in [-0.05, 0) is 63.3 Å². The third-order valence-corrected chi connectivity index (χ3v) is 11.4. The molecular weight excluding hydrogens is 678 g/mol. The highest BCUT2D eigenvalue weighted by atomic mass is 32.2. The molecule has 0 aromatic heterocycles. The lowest BCUT2D eigenvalue weighted by Crippen LogP contribution is -2.50. The van der Waals surface area contributed by atoms with Gasteiger partial charge in [0.05, 0.1) is 42.3 Å². The lowest BCUT2D eigenvalue weighted by Gasteiger charge is -2.39. The van der Waals surface area contributed by atoms with Crippen molar-refractivity contribution in [3.8, 4) is 0 Å². The van der Waals surface area contributed by atoms with E-state index in [0.717, 1.165) is 21.9 Å². The number of nitrogens with one attached hydrogen (secondary N) is 2. The molecule has 4 rings (SSSR count). The number of benzene rings is 1. The van der Waals surface area contributed by atoms with Crippen LogP contribution in [0, 0.1) is 5.92 Å². The molecule has 51 heavy (non-hydrogen) atoms. The zero-order chi connectivity index (χ0) is 37.5. The van der Waals surface area contributed by atoms with Gasteiger partial charge in [-0.25, -0.2) is 12.7 Å². The number of aliphatic hydroxyl groups is 1. The van der Waals surface area contributed by atoms with Gasteiger partial charge in [-0.15, -0.1) is 0 Å². The molecule has 1 aromatic carbocycles. The van der Waals surface area contributed by atoms with Crippen LogP contribution in [-0.4, -0.2) is 105 Å². The monoisotopic (exact) mass is 731 g/mol. The highest BCUT2D eigenvalue weighted by Crippen LogP contribution is 2.43. The van der Waals surface area contributed by atoms with Crippen LogP contribution >= 0.6 is 0 Å². The van der Waals surface area contributed by atoms with E-state index >= 15 is 0 Å². The van der Waals surface area contributed by atoms with Gasteiger partial charge in [0.1, 0.15) is 23.9 Å². The minimum absolute atomic E-state index is 0.0393. The summed E-state index contributed by atoms with van der Waals surface area (Å²) in [5.41, 5.74) is 0.997. The molecular formula is C37H53N3O10S. The van der Waals surface area contributed by atoms with Crippen molar-refractivity contribution >= 4 is 27.8 Å². The second kappa shape index (κ2) is 17.4. The molecule has 3 fully saturated rings. The number of nitrogens with zero attached hydrogens (tertiary/aromatic N) is 1. The highest BCUT2D eigenvalue weighted by Gasteiger charge is 2.58. The summed E-state index contributed by atoms with van der Waals surface area (Å²) >= 11 is 0. The Labute approximate surface area is 301 Å². The summed E-state index contributed by atoms with van der Waals surface area (Å²) in [6, 6.07) is 6.22. The minimum atomic E-state index is -3.53. The van der Waals surface area contributed by atoms with Gasteiger partial charge in [-0.1, -0.05) is 42.9 Å². The molecule has 3 saturated heterocycles. The Hall–Kier alpha value is -3.40. The molecule has 3 N–H and O–H groups in total. The SMILES string of the molecule is CC(=O)O[C@@H](C)/C=C\C(=O)N[C@@H]1C[C@H](C)[C@H](C/C=C(C)/C=C/[C@H]2O[C@H](CC(=O)NCc3ccc(S(=O)(=O)N(C)C)cc3)CC3(CO3)[C@@H]2O)O[C@@H]1C. The topological polar surface area (TPSA) is 173 Å². The second-order valence-corrected chi connectivity index (χ2v) is 16.2. The highest BCUT2D eigenvalue weighted by molar-refractivity contribution is 7.89. The van der Waals surface area contributed by atoms with Gasteiger partial charge in [0.2, 0.25) is 21.8 Å². The lowest BCUT2D eigenvalue weighted by atomic mass is 9.87. The van der Waals surface area contributed by atoms with Crippen molar-refractivity contribution in [3.05, 3.63) is 65.8 Å². The van der Waals surface area contributed by atoms with E-state index in [-0.39, 0.29) is 53.8 Å². The fourth-order valence-electron chi connectivity index (χ4n) is 6.36. The first-order valence-corrected chi connectivity index (χ1v) is 18.8. The van der Waals surface area contributed by atoms with Gasteiger partial charge in [0, 0.05) is 40.1 Å². The third-order valence-electron chi connectivity index (χ3n) is 9.53. The Bertz CT molecular complexity index is 1590. The molecule has 0 bridgehead atoms. The molecule has 0 radical (unpaired) electrons. The molecule has 1 spiro atoms. The number of allylic oxidation sites excluding steroid dienone is 2. The maximum absolute atomic E-state index is 12.9. The van der Waals surface area contributed by atoms with E-state index in [1.807, 2.05) is 26.0 Å².